The zero-order valence-electron chi connectivity index (χ0n) is 10.8. The van der Waals surface area contributed by atoms with E-state index in [1.165, 1.54) is 16.7 Å². The van der Waals surface area contributed by atoms with Gasteiger partial charge >= 0.3 is 0 Å². The van der Waals surface area contributed by atoms with Crippen molar-refractivity contribution in [1.82, 2.24) is 4.90 Å². The third kappa shape index (κ3) is 2.95. The van der Waals surface area contributed by atoms with E-state index in [9.17, 15) is 4.79 Å². The molecule has 106 valence electrons. The Labute approximate surface area is 126 Å². The van der Waals surface area contributed by atoms with Crippen LogP contribution in [-0.2, 0) is 9.53 Å². The van der Waals surface area contributed by atoms with Gasteiger partial charge in [0.25, 0.3) is 5.91 Å². The van der Waals surface area contributed by atoms with Gasteiger partial charge in [-0.1, -0.05) is 24.0 Å². The highest BCUT2D eigenvalue weighted by Crippen LogP contribution is 2.31. The lowest BCUT2D eigenvalue weighted by atomic mass is 10.3. The Morgan fingerprint density at radius 2 is 2.25 bits per heavy atom. The largest absolute Gasteiger partial charge is 0.465 e. The van der Waals surface area contributed by atoms with Crippen LogP contribution in [0.2, 0.25) is 0 Å². The molecular formula is C13H15N2O3S2+. The molecule has 2 fully saturated rings. The van der Waals surface area contributed by atoms with E-state index in [-0.39, 0.29) is 5.91 Å². The maximum absolute atomic E-state index is 12.4. The maximum Gasteiger partial charge on any atom is 0.270 e. The fourth-order valence-corrected chi connectivity index (χ4v) is 3.42. The van der Waals surface area contributed by atoms with Gasteiger partial charge in [0.2, 0.25) is 0 Å². The number of amides is 1. The lowest BCUT2D eigenvalue weighted by Gasteiger charge is -2.27. The molecule has 0 unspecified atom stereocenters. The molecule has 1 N–H and O–H groups in total. The number of quaternary nitrogens is 1. The number of nitrogens with zero attached hydrogens (tertiary/aromatic N) is 1. The Morgan fingerprint density at radius 1 is 1.45 bits per heavy atom. The molecule has 1 amide bonds. The topological polar surface area (TPSA) is 47.1 Å². The molecule has 1 aromatic heterocycles. The SMILES string of the molecule is O=C1/C(=C\c2ccco2)SC(=S)N1C[NH+]1CCOCC1. The van der Waals surface area contributed by atoms with Crippen LogP contribution in [0.5, 0.6) is 0 Å². The van der Waals surface area contributed by atoms with Gasteiger partial charge in [-0.25, -0.2) is 4.90 Å². The molecule has 3 rings (SSSR count). The van der Waals surface area contributed by atoms with E-state index < -0.39 is 0 Å². The van der Waals surface area contributed by atoms with Gasteiger partial charge in [-0.05, 0) is 12.1 Å². The third-order valence-electron chi connectivity index (χ3n) is 3.27. The molecule has 0 radical (unpaired) electrons. The van der Waals surface area contributed by atoms with Crippen LogP contribution in [0.3, 0.4) is 0 Å². The van der Waals surface area contributed by atoms with Crippen LogP contribution in [0.1, 0.15) is 5.76 Å². The van der Waals surface area contributed by atoms with Crippen molar-refractivity contribution < 1.29 is 18.8 Å². The number of carbonyl (C=O) groups excluding carboxylic acids is 1. The number of hydrogen-bond donors (Lipinski definition) is 1. The maximum atomic E-state index is 12.4. The number of thiocarbonyl (C=S) groups is 1. The Kier molecular flexibility index (Phi) is 4.21. The zero-order valence-corrected chi connectivity index (χ0v) is 12.5. The van der Waals surface area contributed by atoms with Gasteiger partial charge in [-0.3, -0.25) is 4.79 Å². The lowest BCUT2D eigenvalue weighted by molar-refractivity contribution is -0.914. The summed E-state index contributed by atoms with van der Waals surface area (Å²) in [5, 5.41) is 0. The van der Waals surface area contributed by atoms with E-state index in [1.807, 2.05) is 6.07 Å². The van der Waals surface area contributed by atoms with Gasteiger partial charge in [0.05, 0.1) is 24.4 Å². The summed E-state index contributed by atoms with van der Waals surface area (Å²) < 4.78 is 11.2. The minimum absolute atomic E-state index is 0.0320. The van der Waals surface area contributed by atoms with Gasteiger partial charge in [-0.15, -0.1) is 0 Å². The molecule has 0 saturated carbocycles. The van der Waals surface area contributed by atoms with Crippen LogP contribution in [0.25, 0.3) is 6.08 Å². The normalized spacial score (nSPS) is 23.0. The first-order chi connectivity index (χ1) is 9.74. The van der Waals surface area contributed by atoms with Crippen molar-refractivity contribution in [1.29, 1.82) is 0 Å². The van der Waals surface area contributed by atoms with Crippen molar-refractivity contribution in [3.05, 3.63) is 29.1 Å². The predicted octanol–water partition coefficient (Wildman–Crippen LogP) is 0.353. The monoisotopic (exact) mass is 311 g/mol. The zero-order chi connectivity index (χ0) is 13.9. The van der Waals surface area contributed by atoms with Crippen LogP contribution < -0.4 is 4.90 Å². The van der Waals surface area contributed by atoms with Crippen LogP contribution in [0, 0.1) is 0 Å². The molecule has 5 nitrogen and oxygen atoms in total. The second-order valence-corrected chi connectivity index (χ2v) is 6.32. The molecule has 3 heterocycles. The Hall–Kier alpha value is -1.15. The number of rotatable bonds is 3. The lowest BCUT2D eigenvalue weighted by Crippen LogP contribution is -3.15. The molecule has 20 heavy (non-hydrogen) atoms. The highest BCUT2D eigenvalue weighted by Gasteiger charge is 2.35. The second-order valence-electron chi connectivity index (χ2n) is 4.65. The second kappa shape index (κ2) is 6.09. The van der Waals surface area contributed by atoms with Gasteiger partial charge in [0.1, 0.15) is 18.8 Å². The van der Waals surface area contributed by atoms with E-state index in [2.05, 4.69) is 0 Å². The quantitative estimate of drug-likeness (QED) is 0.645. The van der Waals surface area contributed by atoms with Crippen LogP contribution >= 0.6 is 24.0 Å². The standard InChI is InChI=1S/C13H14N2O3S2/c16-12-11(8-10-2-1-5-18-10)20-13(19)15(12)9-14-3-6-17-7-4-14/h1-2,5,8H,3-4,6-7,9H2/p+1/b11-8+. The van der Waals surface area contributed by atoms with E-state index in [4.69, 9.17) is 21.4 Å². The summed E-state index contributed by atoms with van der Waals surface area (Å²) in [6.45, 7) is 3.92. The van der Waals surface area contributed by atoms with Crippen LogP contribution in [0.15, 0.2) is 27.7 Å². The van der Waals surface area contributed by atoms with E-state index in [1.54, 1.807) is 23.3 Å². The molecule has 0 atom stereocenters. The van der Waals surface area contributed by atoms with Crippen LogP contribution in [-0.4, -0.2) is 48.1 Å². The van der Waals surface area contributed by atoms with E-state index in [0.717, 1.165) is 26.3 Å². The van der Waals surface area contributed by atoms with Crippen molar-refractivity contribution >= 4 is 40.3 Å². The van der Waals surface area contributed by atoms with Crippen molar-refractivity contribution in [3.63, 3.8) is 0 Å². The molecule has 2 aliphatic rings. The molecule has 0 spiro atoms. The molecule has 0 bridgehead atoms. The Balaban J connectivity index is 1.70. The molecule has 1 aromatic rings. The molecule has 2 saturated heterocycles. The third-order valence-corrected chi connectivity index (χ3v) is 4.65. The molecular weight excluding hydrogens is 296 g/mol. The highest BCUT2D eigenvalue weighted by molar-refractivity contribution is 8.26. The average molecular weight is 311 g/mol. The summed E-state index contributed by atoms with van der Waals surface area (Å²) >= 11 is 6.64. The van der Waals surface area contributed by atoms with E-state index >= 15 is 0 Å². The molecule has 0 aromatic carbocycles. The van der Waals surface area contributed by atoms with Crippen molar-refractivity contribution in [2.45, 2.75) is 0 Å². The number of carbonyl (C=O) groups is 1. The number of ether oxygens (including phenoxy) is 1. The van der Waals surface area contributed by atoms with E-state index in [0.29, 0.717) is 21.7 Å². The molecule has 7 heteroatoms. The average Bonchev–Trinajstić information content (AvgIpc) is 3.05. The first kappa shape index (κ1) is 13.8. The first-order valence-electron chi connectivity index (χ1n) is 6.44. The van der Waals surface area contributed by atoms with Crippen molar-refractivity contribution in [2.75, 3.05) is 33.0 Å². The number of hydrogen-bond acceptors (Lipinski definition) is 5. The Morgan fingerprint density at radius 3 is 2.95 bits per heavy atom. The summed E-state index contributed by atoms with van der Waals surface area (Å²) in [4.78, 5) is 16.0. The predicted molar refractivity (Wildman–Crippen MR) is 80.1 cm³/mol. The summed E-state index contributed by atoms with van der Waals surface area (Å²) in [5.74, 6) is 0.639. The fraction of sp³-hybridized carbons (Fsp3) is 0.385. The van der Waals surface area contributed by atoms with Crippen molar-refractivity contribution in [3.8, 4) is 0 Å². The summed E-state index contributed by atoms with van der Waals surface area (Å²) in [6, 6.07) is 3.62. The van der Waals surface area contributed by atoms with Crippen molar-refractivity contribution in [2.24, 2.45) is 0 Å². The van der Waals surface area contributed by atoms with Gasteiger partial charge in [-0.2, -0.15) is 0 Å². The summed E-state index contributed by atoms with van der Waals surface area (Å²) in [5.41, 5.74) is 0. The number of nitrogens with one attached hydrogen (secondary N) is 1. The molecule has 2 aliphatic heterocycles. The minimum Gasteiger partial charge on any atom is -0.465 e. The smallest absolute Gasteiger partial charge is 0.270 e. The minimum atomic E-state index is -0.0320. The van der Waals surface area contributed by atoms with Gasteiger partial charge in [0, 0.05) is 6.08 Å². The Bertz CT molecular complexity index is 536. The highest BCUT2D eigenvalue weighted by atomic mass is 32.2. The number of thioether (sulfide) groups is 1. The van der Waals surface area contributed by atoms with Gasteiger partial charge in [0.15, 0.2) is 11.0 Å². The fourth-order valence-electron chi connectivity index (χ4n) is 2.18. The van der Waals surface area contributed by atoms with Crippen LogP contribution in [0.4, 0.5) is 0 Å². The summed E-state index contributed by atoms with van der Waals surface area (Å²) in [6.07, 6.45) is 3.33. The number of morpholine rings is 1. The number of furan rings is 1. The summed E-state index contributed by atoms with van der Waals surface area (Å²) in [7, 11) is 0. The molecule has 0 aliphatic carbocycles. The van der Waals surface area contributed by atoms with Gasteiger partial charge < -0.3 is 14.1 Å². The first-order valence-corrected chi connectivity index (χ1v) is 7.67.